The number of hydrogen-bond acceptors (Lipinski definition) is 9. The monoisotopic (exact) mass is 614 g/mol. The molecule has 0 radical (unpaired) electrons. The molecule has 4 aromatic rings. The van der Waals surface area contributed by atoms with Gasteiger partial charge in [-0.3, -0.25) is 0 Å². The van der Waals surface area contributed by atoms with Crippen LogP contribution in [0.15, 0.2) is 77.1 Å². The summed E-state index contributed by atoms with van der Waals surface area (Å²) in [5.74, 6) is -0.690. The minimum absolute atomic E-state index is 0.0439. The molecule has 0 spiro atoms. The van der Waals surface area contributed by atoms with Crippen molar-refractivity contribution in [1.82, 2.24) is 19.9 Å². The smallest absolute Gasteiger partial charge is 0.428 e. The van der Waals surface area contributed by atoms with Crippen molar-refractivity contribution in [3.63, 3.8) is 0 Å². The Labute approximate surface area is 237 Å². The lowest BCUT2D eigenvalue weighted by Gasteiger charge is -2.17. The van der Waals surface area contributed by atoms with Crippen LogP contribution in [0.25, 0.3) is 0 Å². The molecular weight excluding hydrogens is 597 g/mol. The Kier molecular flexibility index (Phi) is 9.35. The predicted molar refractivity (Wildman–Crippen MR) is 137 cm³/mol. The van der Waals surface area contributed by atoms with Crippen LogP contribution in [-0.2, 0) is 19.3 Å². The maximum atomic E-state index is 13.2. The first-order valence-corrected chi connectivity index (χ1v) is 12.1. The zero-order valence-corrected chi connectivity index (χ0v) is 21.7. The number of ether oxygens (including phenoxy) is 1. The third-order valence-corrected chi connectivity index (χ3v) is 5.40. The van der Waals surface area contributed by atoms with E-state index in [1.807, 2.05) is 0 Å². The van der Waals surface area contributed by atoms with Crippen molar-refractivity contribution in [2.45, 2.75) is 31.8 Å². The highest BCUT2D eigenvalue weighted by atomic mass is 35.5. The Hall–Kier alpha value is -4.60. The summed E-state index contributed by atoms with van der Waals surface area (Å²) in [7, 11) is 0. The van der Waals surface area contributed by atoms with Gasteiger partial charge >= 0.3 is 18.7 Å². The second-order valence-corrected chi connectivity index (χ2v) is 8.72. The fourth-order valence-electron chi connectivity index (χ4n) is 3.15. The summed E-state index contributed by atoms with van der Waals surface area (Å²) < 4.78 is 93.5. The van der Waals surface area contributed by atoms with E-state index in [-0.39, 0.29) is 36.6 Å². The lowest BCUT2D eigenvalue weighted by Crippen LogP contribution is -2.33. The van der Waals surface area contributed by atoms with Crippen molar-refractivity contribution >= 4 is 35.1 Å². The quantitative estimate of drug-likeness (QED) is 0.101. The molecule has 0 unspecified atom stereocenters. The topological polar surface area (TPSA) is 110 Å². The summed E-state index contributed by atoms with van der Waals surface area (Å²) in [6.45, 7) is 0.149. The summed E-state index contributed by atoms with van der Waals surface area (Å²) in [6.07, 6.45) is -11.6. The van der Waals surface area contributed by atoms with Gasteiger partial charge in [0.1, 0.15) is 10.9 Å². The standard InChI is InChI=1S/C25H18ClF7N8O/c26-19-10-3-15(11-34-19)12-35-21-38-22(37-17-6-8-18(9-7-17)42-25(32,33)20(27)28)40-23(39-21)41-36-13-14-1-4-16(5-2-14)24(29,30)31/h1-11,20H,12-13H2,(H2,35,37,38,39,40). The number of nitrogens with zero attached hydrogens (tertiary/aromatic N) is 6. The molecule has 0 bridgehead atoms. The van der Waals surface area contributed by atoms with Gasteiger partial charge in [0.05, 0.1) is 12.1 Å². The first kappa shape index (κ1) is 30.4. The van der Waals surface area contributed by atoms with Gasteiger partial charge in [0.2, 0.25) is 11.9 Å². The van der Waals surface area contributed by atoms with Gasteiger partial charge in [-0.25, -0.2) is 4.98 Å². The van der Waals surface area contributed by atoms with E-state index >= 15 is 0 Å². The van der Waals surface area contributed by atoms with Gasteiger partial charge in [0, 0.05) is 18.4 Å². The van der Waals surface area contributed by atoms with Crippen molar-refractivity contribution in [1.29, 1.82) is 0 Å². The maximum absolute atomic E-state index is 13.2. The van der Waals surface area contributed by atoms with Gasteiger partial charge in [-0.2, -0.15) is 50.8 Å². The van der Waals surface area contributed by atoms with Crippen LogP contribution in [0, 0.1) is 0 Å². The zero-order valence-electron chi connectivity index (χ0n) is 21.0. The highest BCUT2D eigenvalue weighted by Gasteiger charge is 2.43. The highest BCUT2D eigenvalue weighted by molar-refractivity contribution is 6.29. The van der Waals surface area contributed by atoms with Crippen LogP contribution in [0.1, 0.15) is 16.7 Å². The fourth-order valence-corrected chi connectivity index (χ4v) is 3.26. The Balaban J connectivity index is 1.51. The number of rotatable bonds is 11. The molecule has 2 heterocycles. The minimum atomic E-state index is -4.66. The number of pyridine rings is 1. The second-order valence-electron chi connectivity index (χ2n) is 8.33. The Bertz CT molecular complexity index is 1500. The van der Waals surface area contributed by atoms with Crippen molar-refractivity contribution < 1.29 is 35.5 Å². The summed E-state index contributed by atoms with van der Waals surface area (Å²) in [5.41, 5.74) is 0.656. The molecule has 0 aliphatic carbocycles. The lowest BCUT2D eigenvalue weighted by molar-refractivity contribution is -0.253. The van der Waals surface area contributed by atoms with Crippen LogP contribution < -0.4 is 15.4 Å². The van der Waals surface area contributed by atoms with Crippen LogP contribution in [0.4, 0.5) is 54.3 Å². The molecule has 2 N–H and O–H groups in total. The molecule has 2 aromatic carbocycles. The number of benzene rings is 2. The largest absolute Gasteiger partial charge is 0.461 e. The number of hydrogen-bond donors (Lipinski definition) is 2. The van der Waals surface area contributed by atoms with E-state index in [1.165, 1.54) is 30.5 Å². The second kappa shape index (κ2) is 12.9. The van der Waals surface area contributed by atoms with E-state index in [0.717, 1.165) is 29.8 Å². The van der Waals surface area contributed by atoms with Gasteiger partial charge < -0.3 is 15.4 Å². The predicted octanol–water partition coefficient (Wildman–Crippen LogP) is 7.82. The molecule has 0 saturated carbocycles. The SMILES string of the molecule is FC(F)C(F)(F)Oc1ccc(Nc2nc(N=NCc3ccc(C(F)(F)F)cc3)nc(NCc3ccc(Cl)nc3)n2)cc1. The third kappa shape index (κ3) is 8.70. The molecule has 0 amide bonds. The van der Waals surface area contributed by atoms with Gasteiger partial charge in [-0.1, -0.05) is 29.8 Å². The average molecular weight is 615 g/mol. The van der Waals surface area contributed by atoms with Crippen LogP contribution in [0.2, 0.25) is 5.15 Å². The lowest BCUT2D eigenvalue weighted by atomic mass is 10.1. The molecule has 42 heavy (non-hydrogen) atoms. The molecule has 0 fully saturated rings. The number of azo groups is 1. The highest BCUT2D eigenvalue weighted by Crippen LogP contribution is 2.30. The Morgan fingerprint density at radius 2 is 1.50 bits per heavy atom. The van der Waals surface area contributed by atoms with Crippen LogP contribution >= 0.6 is 11.6 Å². The maximum Gasteiger partial charge on any atom is 0.461 e. The third-order valence-electron chi connectivity index (χ3n) is 5.18. The molecule has 0 aliphatic rings. The first-order valence-electron chi connectivity index (χ1n) is 11.7. The van der Waals surface area contributed by atoms with Crippen LogP contribution in [0.3, 0.4) is 0 Å². The number of halogens is 8. The normalized spacial score (nSPS) is 12.1. The molecule has 9 nitrogen and oxygen atoms in total. The number of alkyl halides is 7. The fraction of sp³-hybridized carbons (Fsp3) is 0.200. The van der Waals surface area contributed by atoms with E-state index in [9.17, 15) is 30.7 Å². The molecule has 4 rings (SSSR count). The van der Waals surface area contributed by atoms with Crippen LogP contribution in [-0.4, -0.2) is 32.5 Å². The number of aromatic nitrogens is 4. The van der Waals surface area contributed by atoms with Crippen LogP contribution in [0.5, 0.6) is 5.75 Å². The molecule has 2 aromatic heterocycles. The van der Waals surface area contributed by atoms with E-state index in [1.54, 1.807) is 12.1 Å². The number of nitrogens with one attached hydrogen (secondary N) is 2. The van der Waals surface area contributed by atoms with Crippen molar-refractivity contribution in [2.75, 3.05) is 10.6 Å². The van der Waals surface area contributed by atoms with Gasteiger partial charge in [-0.15, -0.1) is 5.11 Å². The van der Waals surface area contributed by atoms with Crippen molar-refractivity contribution in [2.24, 2.45) is 10.2 Å². The van der Waals surface area contributed by atoms with E-state index in [4.69, 9.17) is 11.6 Å². The average Bonchev–Trinajstić information content (AvgIpc) is 2.93. The molecular formula is C25H18ClF7N8O. The summed E-state index contributed by atoms with van der Waals surface area (Å²) >= 11 is 5.80. The van der Waals surface area contributed by atoms with Gasteiger partial charge in [0.15, 0.2) is 0 Å². The molecule has 17 heteroatoms. The van der Waals surface area contributed by atoms with Gasteiger partial charge in [0.25, 0.3) is 5.95 Å². The van der Waals surface area contributed by atoms with E-state index < -0.39 is 30.0 Å². The Morgan fingerprint density at radius 1 is 0.833 bits per heavy atom. The summed E-state index contributed by atoms with van der Waals surface area (Å²) in [5, 5.41) is 13.9. The number of anilines is 3. The zero-order chi connectivity index (χ0) is 30.3. The molecule has 0 saturated heterocycles. The Morgan fingerprint density at radius 3 is 2.12 bits per heavy atom. The summed E-state index contributed by atoms with van der Waals surface area (Å²) in [6, 6.07) is 12.3. The van der Waals surface area contributed by atoms with E-state index in [2.05, 4.69) is 45.5 Å². The summed E-state index contributed by atoms with van der Waals surface area (Å²) in [4.78, 5) is 16.5. The molecule has 0 atom stereocenters. The molecule has 0 aliphatic heterocycles. The van der Waals surface area contributed by atoms with Crippen molar-refractivity contribution in [3.8, 4) is 5.75 Å². The van der Waals surface area contributed by atoms with Gasteiger partial charge in [-0.05, 0) is 53.6 Å². The minimum Gasteiger partial charge on any atom is -0.428 e. The first-order chi connectivity index (χ1) is 19.9. The van der Waals surface area contributed by atoms with Crippen molar-refractivity contribution in [3.05, 3.63) is 88.7 Å². The van der Waals surface area contributed by atoms with E-state index in [0.29, 0.717) is 10.7 Å². The molecule has 220 valence electrons.